The van der Waals surface area contributed by atoms with Gasteiger partial charge in [-0.25, -0.2) is 4.79 Å². The number of aliphatic carboxylic acids is 1. The number of aryl methyl sites for hydroxylation is 2. The van der Waals surface area contributed by atoms with Crippen molar-refractivity contribution >= 4 is 11.9 Å². The summed E-state index contributed by atoms with van der Waals surface area (Å²) in [7, 11) is 0. The fourth-order valence-electron chi connectivity index (χ4n) is 2.24. The molecule has 0 atom stereocenters. The first kappa shape index (κ1) is 16.2. The molecular weight excluding hydrogens is 254 g/mol. The number of amides is 1. The molecule has 0 bridgehead atoms. The first-order chi connectivity index (χ1) is 9.43. The molecule has 0 aliphatic carbocycles. The van der Waals surface area contributed by atoms with E-state index < -0.39 is 11.5 Å². The summed E-state index contributed by atoms with van der Waals surface area (Å²) in [5.41, 5.74) is 1.11. The van der Waals surface area contributed by atoms with Gasteiger partial charge in [0.05, 0.1) is 0 Å². The molecule has 0 aliphatic heterocycles. The monoisotopic (exact) mass is 277 g/mol. The van der Waals surface area contributed by atoms with Gasteiger partial charge in [-0.1, -0.05) is 43.7 Å². The molecule has 0 radical (unpaired) electrons. The zero-order valence-corrected chi connectivity index (χ0v) is 12.4. The smallest absolute Gasteiger partial charge is 0.329 e. The van der Waals surface area contributed by atoms with Gasteiger partial charge in [0.15, 0.2) is 0 Å². The number of carboxylic acids is 1. The van der Waals surface area contributed by atoms with Crippen LogP contribution in [0.2, 0.25) is 0 Å². The number of nitrogens with one attached hydrogen (secondary N) is 1. The van der Waals surface area contributed by atoms with E-state index in [1.54, 1.807) is 13.8 Å². The van der Waals surface area contributed by atoms with Gasteiger partial charge in [-0.3, -0.25) is 4.79 Å². The van der Waals surface area contributed by atoms with E-state index in [-0.39, 0.29) is 5.91 Å². The van der Waals surface area contributed by atoms with E-state index in [1.165, 1.54) is 0 Å². The van der Waals surface area contributed by atoms with Gasteiger partial charge < -0.3 is 10.4 Å². The summed E-state index contributed by atoms with van der Waals surface area (Å²) < 4.78 is 0. The van der Waals surface area contributed by atoms with Crippen LogP contribution >= 0.6 is 0 Å². The number of hydrogen-bond donors (Lipinski definition) is 2. The van der Waals surface area contributed by atoms with Gasteiger partial charge in [0.2, 0.25) is 5.91 Å². The minimum Gasteiger partial charge on any atom is -0.480 e. The van der Waals surface area contributed by atoms with Crippen LogP contribution in [0, 0.1) is 6.92 Å². The lowest BCUT2D eigenvalue weighted by Gasteiger charge is -2.28. The van der Waals surface area contributed by atoms with E-state index in [4.69, 9.17) is 0 Å². The third-order valence-corrected chi connectivity index (χ3v) is 3.72. The van der Waals surface area contributed by atoms with Crippen LogP contribution in [0.5, 0.6) is 0 Å². The van der Waals surface area contributed by atoms with E-state index in [9.17, 15) is 14.7 Å². The number of hydrogen-bond acceptors (Lipinski definition) is 2. The summed E-state index contributed by atoms with van der Waals surface area (Å²) in [6.07, 6.45) is 1.69. The Bertz CT molecular complexity index is 478. The molecule has 0 heterocycles. The first-order valence-corrected chi connectivity index (χ1v) is 7.03. The highest BCUT2D eigenvalue weighted by molar-refractivity contribution is 5.87. The second-order valence-electron chi connectivity index (χ2n) is 5.13. The summed E-state index contributed by atoms with van der Waals surface area (Å²) >= 11 is 0. The SMILES string of the molecule is CCC(CC)(NC(=O)CCc1cccc(C)c1)C(=O)O. The Kier molecular flexibility index (Phi) is 5.74. The highest BCUT2D eigenvalue weighted by atomic mass is 16.4. The molecule has 2 N–H and O–H groups in total. The fourth-order valence-corrected chi connectivity index (χ4v) is 2.24. The van der Waals surface area contributed by atoms with Crippen molar-refractivity contribution in [2.75, 3.05) is 0 Å². The van der Waals surface area contributed by atoms with Gasteiger partial charge in [-0.15, -0.1) is 0 Å². The largest absolute Gasteiger partial charge is 0.480 e. The van der Waals surface area contributed by atoms with Crippen LogP contribution in [-0.4, -0.2) is 22.5 Å². The van der Waals surface area contributed by atoms with Crippen LogP contribution in [0.3, 0.4) is 0 Å². The number of carbonyl (C=O) groups excluding carboxylic acids is 1. The standard InChI is InChI=1S/C16H23NO3/c1-4-16(5-2,15(19)20)17-14(18)10-9-13-8-6-7-12(3)11-13/h6-8,11H,4-5,9-10H2,1-3H3,(H,17,18)(H,19,20). The molecule has 1 aromatic rings. The zero-order chi connectivity index (χ0) is 15.2. The summed E-state index contributed by atoms with van der Waals surface area (Å²) in [4.78, 5) is 23.3. The predicted molar refractivity (Wildman–Crippen MR) is 78.6 cm³/mol. The highest BCUT2D eigenvalue weighted by Crippen LogP contribution is 2.16. The lowest BCUT2D eigenvalue weighted by Crippen LogP contribution is -2.53. The van der Waals surface area contributed by atoms with Crippen molar-refractivity contribution in [3.8, 4) is 0 Å². The van der Waals surface area contributed by atoms with Crippen molar-refractivity contribution in [1.82, 2.24) is 5.32 Å². The van der Waals surface area contributed by atoms with Crippen LogP contribution in [0.15, 0.2) is 24.3 Å². The molecule has 0 saturated carbocycles. The second-order valence-corrected chi connectivity index (χ2v) is 5.13. The average Bonchev–Trinajstić information content (AvgIpc) is 2.42. The first-order valence-electron chi connectivity index (χ1n) is 7.03. The molecule has 4 nitrogen and oxygen atoms in total. The summed E-state index contributed by atoms with van der Waals surface area (Å²) in [6.45, 7) is 5.56. The molecule has 110 valence electrons. The Labute approximate surface area is 120 Å². The van der Waals surface area contributed by atoms with Crippen LogP contribution in [-0.2, 0) is 16.0 Å². The van der Waals surface area contributed by atoms with Crippen molar-refractivity contribution in [2.45, 2.75) is 52.0 Å². The molecule has 0 aliphatic rings. The van der Waals surface area contributed by atoms with Crippen molar-refractivity contribution in [3.05, 3.63) is 35.4 Å². The number of rotatable bonds is 7. The molecule has 0 unspecified atom stereocenters. The third-order valence-electron chi connectivity index (χ3n) is 3.72. The van der Waals surface area contributed by atoms with Crippen molar-refractivity contribution in [2.24, 2.45) is 0 Å². The van der Waals surface area contributed by atoms with E-state index in [0.29, 0.717) is 25.7 Å². The summed E-state index contributed by atoms with van der Waals surface area (Å²) in [5.74, 6) is -1.18. The van der Waals surface area contributed by atoms with E-state index in [1.807, 2.05) is 31.2 Å². The van der Waals surface area contributed by atoms with Gasteiger partial charge in [-0.05, 0) is 31.7 Å². The van der Waals surface area contributed by atoms with Crippen molar-refractivity contribution < 1.29 is 14.7 Å². The average molecular weight is 277 g/mol. The summed E-state index contributed by atoms with van der Waals surface area (Å²) in [5, 5.41) is 12.0. The molecule has 0 spiro atoms. The maximum absolute atomic E-state index is 12.0. The molecule has 0 fully saturated rings. The fraction of sp³-hybridized carbons (Fsp3) is 0.500. The molecular formula is C16H23NO3. The van der Waals surface area contributed by atoms with Crippen LogP contribution in [0.4, 0.5) is 0 Å². The Balaban J connectivity index is 2.61. The second kappa shape index (κ2) is 7.08. The van der Waals surface area contributed by atoms with Crippen LogP contribution in [0.1, 0.15) is 44.2 Å². The molecule has 4 heteroatoms. The molecule has 0 aromatic heterocycles. The topological polar surface area (TPSA) is 66.4 Å². The maximum Gasteiger partial charge on any atom is 0.329 e. The lowest BCUT2D eigenvalue weighted by molar-refractivity contribution is -0.148. The molecule has 0 saturated heterocycles. The van der Waals surface area contributed by atoms with Crippen molar-refractivity contribution in [1.29, 1.82) is 0 Å². The van der Waals surface area contributed by atoms with Gasteiger partial charge in [0.1, 0.15) is 5.54 Å². The lowest BCUT2D eigenvalue weighted by atomic mass is 9.92. The normalized spacial score (nSPS) is 11.2. The number of carboxylic acid groups (broad SMARTS) is 1. The zero-order valence-electron chi connectivity index (χ0n) is 12.4. The van der Waals surface area contributed by atoms with E-state index in [2.05, 4.69) is 5.32 Å². The third kappa shape index (κ3) is 4.08. The molecule has 1 rings (SSSR count). The van der Waals surface area contributed by atoms with Crippen molar-refractivity contribution in [3.63, 3.8) is 0 Å². The Morgan fingerprint density at radius 1 is 1.25 bits per heavy atom. The van der Waals surface area contributed by atoms with E-state index in [0.717, 1.165) is 11.1 Å². The van der Waals surface area contributed by atoms with Crippen LogP contribution < -0.4 is 5.32 Å². The van der Waals surface area contributed by atoms with Gasteiger partial charge in [0.25, 0.3) is 0 Å². The van der Waals surface area contributed by atoms with Gasteiger partial charge >= 0.3 is 5.97 Å². The maximum atomic E-state index is 12.0. The minimum absolute atomic E-state index is 0.211. The molecule has 20 heavy (non-hydrogen) atoms. The highest BCUT2D eigenvalue weighted by Gasteiger charge is 2.36. The van der Waals surface area contributed by atoms with Gasteiger partial charge in [0, 0.05) is 6.42 Å². The Hall–Kier alpha value is -1.84. The molecule has 1 aromatic carbocycles. The summed E-state index contributed by atoms with van der Waals surface area (Å²) in [6, 6.07) is 7.98. The Morgan fingerprint density at radius 2 is 1.90 bits per heavy atom. The van der Waals surface area contributed by atoms with Gasteiger partial charge in [-0.2, -0.15) is 0 Å². The predicted octanol–water partition coefficient (Wildman–Crippen LogP) is 2.69. The minimum atomic E-state index is -1.14. The number of benzene rings is 1. The van der Waals surface area contributed by atoms with E-state index >= 15 is 0 Å². The molecule has 1 amide bonds. The number of carbonyl (C=O) groups is 2. The Morgan fingerprint density at radius 3 is 2.40 bits per heavy atom. The quantitative estimate of drug-likeness (QED) is 0.805. The van der Waals surface area contributed by atoms with Crippen LogP contribution in [0.25, 0.3) is 0 Å².